The predicted octanol–water partition coefficient (Wildman–Crippen LogP) is -0.449. The van der Waals surface area contributed by atoms with Gasteiger partial charge in [0.1, 0.15) is 0 Å². The normalized spacial score (nSPS) is 20.6. The second kappa shape index (κ2) is 6.65. The van der Waals surface area contributed by atoms with E-state index in [2.05, 4.69) is 10.00 Å². The van der Waals surface area contributed by atoms with E-state index in [0.717, 1.165) is 12.1 Å². The molecule has 0 aliphatic carbocycles. The fraction of sp³-hybridized carbons (Fsp3) is 0.667. The van der Waals surface area contributed by atoms with Gasteiger partial charge in [0.05, 0.1) is 39.0 Å². The summed E-state index contributed by atoms with van der Waals surface area (Å²) in [6.45, 7) is 3.00. The molecule has 1 atom stereocenters. The van der Waals surface area contributed by atoms with Crippen molar-refractivity contribution in [2.75, 3.05) is 26.4 Å². The van der Waals surface area contributed by atoms with Crippen molar-refractivity contribution in [2.24, 2.45) is 0 Å². The molecule has 2 N–H and O–H groups in total. The van der Waals surface area contributed by atoms with Gasteiger partial charge in [-0.3, -0.25) is 14.4 Å². The summed E-state index contributed by atoms with van der Waals surface area (Å²) in [5, 5.41) is 21.9. The van der Waals surface area contributed by atoms with Gasteiger partial charge in [-0.15, -0.1) is 0 Å². The molecule has 2 heterocycles. The average Bonchev–Trinajstić information content (AvgIpc) is 2.79. The molecule has 0 bridgehead atoms. The predicted molar refractivity (Wildman–Crippen MR) is 66.6 cm³/mol. The minimum absolute atomic E-state index is 0.0559. The van der Waals surface area contributed by atoms with Gasteiger partial charge >= 0.3 is 5.97 Å². The minimum atomic E-state index is -0.809. The molecule has 0 saturated carbocycles. The van der Waals surface area contributed by atoms with E-state index in [1.54, 1.807) is 10.9 Å². The van der Waals surface area contributed by atoms with Gasteiger partial charge in [0, 0.05) is 30.9 Å². The summed E-state index contributed by atoms with van der Waals surface area (Å²) in [6.07, 6.45) is 3.72. The summed E-state index contributed by atoms with van der Waals surface area (Å²) in [5.74, 6) is -0.809. The monoisotopic (exact) mass is 269 g/mol. The minimum Gasteiger partial charge on any atom is -0.481 e. The maximum absolute atomic E-state index is 10.8. The van der Waals surface area contributed by atoms with Crippen LogP contribution in [0.15, 0.2) is 12.4 Å². The van der Waals surface area contributed by atoms with E-state index in [-0.39, 0.29) is 19.1 Å². The van der Waals surface area contributed by atoms with Crippen molar-refractivity contribution in [2.45, 2.75) is 25.6 Å². The van der Waals surface area contributed by atoms with Gasteiger partial charge < -0.3 is 14.9 Å². The van der Waals surface area contributed by atoms with Crippen molar-refractivity contribution >= 4 is 5.97 Å². The van der Waals surface area contributed by atoms with Crippen molar-refractivity contribution in [3.63, 3.8) is 0 Å². The second-order valence-corrected chi connectivity index (χ2v) is 4.63. The zero-order valence-corrected chi connectivity index (χ0v) is 10.7. The Hall–Kier alpha value is -1.44. The molecule has 1 fully saturated rings. The molecule has 2 rings (SSSR count). The van der Waals surface area contributed by atoms with Crippen LogP contribution in [0.4, 0.5) is 0 Å². The van der Waals surface area contributed by atoms with Crippen molar-refractivity contribution in [1.82, 2.24) is 14.7 Å². The lowest BCUT2D eigenvalue weighted by Crippen LogP contribution is -2.45. The Bertz CT molecular complexity index is 421. The second-order valence-electron chi connectivity index (χ2n) is 4.63. The van der Waals surface area contributed by atoms with E-state index in [1.165, 1.54) is 0 Å². The van der Waals surface area contributed by atoms with E-state index in [9.17, 15) is 4.79 Å². The van der Waals surface area contributed by atoms with Gasteiger partial charge in [-0.05, 0) is 0 Å². The Morgan fingerprint density at radius 2 is 2.42 bits per heavy atom. The van der Waals surface area contributed by atoms with Crippen LogP contribution in [0.3, 0.4) is 0 Å². The van der Waals surface area contributed by atoms with Crippen LogP contribution in [-0.2, 0) is 22.6 Å². The third kappa shape index (κ3) is 4.02. The molecule has 1 aromatic rings. The summed E-state index contributed by atoms with van der Waals surface area (Å²) < 4.78 is 7.02. The molecule has 7 nitrogen and oxygen atoms in total. The number of carboxylic acid groups (broad SMARTS) is 1. The standard InChI is InChI=1S/C12H19N3O4/c16-3-1-15-8-10(6-13-15)7-14-2-4-19-9-11(14)5-12(17)18/h6,8,11,16H,1-5,7,9H2,(H,17,18). The third-order valence-corrected chi connectivity index (χ3v) is 3.16. The van der Waals surface area contributed by atoms with E-state index >= 15 is 0 Å². The van der Waals surface area contributed by atoms with Crippen molar-refractivity contribution in [1.29, 1.82) is 0 Å². The fourth-order valence-electron chi connectivity index (χ4n) is 2.23. The van der Waals surface area contributed by atoms with Crippen LogP contribution in [-0.4, -0.2) is 63.3 Å². The van der Waals surface area contributed by atoms with E-state index in [1.807, 2.05) is 6.20 Å². The molecular formula is C12H19N3O4. The summed E-state index contributed by atoms with van der Waals surface area (Å²) in [7, 11) is 0. The number of aromatic nitrogens is 2. The Labute approximate surface area is 111 Å². The number of aliphatic hydroxyl groups excluding tert-OH is 1. The quantitative estimate of drug-likeness (QED) is 0.727. The van der Waals surface area contributed by atoms with Crippen LogP contribution < -0.4 is 0 Å². The number of carbonyl (C=O) groups is 1. The molecular weight excluding hydrogens is 250 g/mol. The number of aliphatic hydroxyl groups is 1. The highest BCUT2D eigenvalue weighted by molar-refractivity contribution is 5.67. The maximum atomic E-state index is 10.8. The first-order chi connectivity index (χ1) is 9.19. The van der Waals surface area contributed by atoms with Crippen LogP contribution >= 0.6 is 0 Å². The lowest BCUT2D eigenvalue weighted by atomic mass is 10.1. The Morgan fingerprint density at radius 1 is 1.58 bits per heavy atom. The number of aliphatic carboxylic acids is 1. The molecule has 106 valence electrons. The first-order valence-electron chi connectivity index (χ1n) is 6.35. The number of hydrogen-bond acceptors (Lipinski definition) is 5. The molecule has 1 saturated heterocycles. The molecule has 0 aromatic carbocycles. The number of nitrogens with zero attached hydrogens (tertiary/aromatic N) is 3. The Balaban J connectivity index is 1.95. The largest absolute Gasteiger partial charge is 0.481 e. The summed E-state index contributed by atoms with van der Waals surface area (Å²) in [6, 6.07) is -0.0903. The smallest absolute Gasteiger partial charge is 0.305 e. The molecule has 19 heavy (non-hydrogen) atoms. The number of rotatable bonds is 6. The lowest BCUT2D eigenvalue weighted by Gasteiger charge is -2.34. The third-order valence-electron chi connectivity index (χ3n) is 3.16. The molecule has 1 aliphatic rings. The highest BCUT2D eigenvalue weighted by atomic mass is 16.5. The van der Waals surface area contributed by atoms with E-state index in [0.29, 0.717) is 26.3 Å². The van der Waals surface area contributed by atoms with E-state index < -0.39 is 5.97 Å². The fourth-order valence-corrected chi connectivity index (χ4v) is 2.23. The molecule has 1 unspecified atom stereocenters. The van der Waals surface area contributed by atoms with Gasteiger partial charge in [-0.2, -0.15) is 5.10 Å². The van der Waals surface area contributed by atoms with Crippen LogP contribution in [0.1, 0.15) is 12.0 Å². The van der Waals surface area contributed by atoms with Crippen LogP contribution in [0, 0.1) is 0 Å². The van der Waals surface area contributed by atoms with E-state index in [4.69, 9.17) is 14.9 Å². The first-order valence-corrected chi connectivity index (χ1v) is 6.35. The summed E-state index contributed by atoms with van der Waals surface area (Å²) in [5.41, 5.74) is 1.02. The molecule has 1 aromatic heterocycles. The Kier molecular flexibility index (Phi) is 4.89. The highest BCUT2D eigenvalue weighted by Gasteiger charge is 2.25. The number of morpholine rings is 1. The molecule has 7 heteroatoms. The van der Waals surface area contributed by atoms with Gasteiger partial charge in [-0.25, -0.2) is 0 Å². The van der Waals surface area contributed by atoms with Gasteiger partial charge in [0.2, 0.25) is 0 Å². The van der Waals surface area contributed by atoms with Gasteiger partial charge in [0.25, 0.3) is 0 Å². The zero-order chi connectivity index (χ0) is 13.7. The molecule has 0 amide bonds. The molecule has 0 radical (unpaired) electrons. The van der Waals surface area contributed by atoms with Crippen molar-refractivity contribution in [3.05, 3.63) is 18.0 Å². The number of ether oxygens (including phenoxy) is 1. The van der Waals surface area contributed by atoms with Crippen molar-refractivity contribution < 1.29 is 19.7 Å². The highest BCUT2D eigenvalue weighted by Crippen LogP contribution is 2.14. The Morgan fingerprint density at radius 3 is 3.16 bits per heavy atom. The van der Waals surface area contributed by atoms with Gasteiger partial charge in [0.15, 0.2) is 0 Å². The topological polar surface area (TPSA) is 87.8 Å². The van der Waals surface area contributed by atoms with Gasteiger partial charge in [-0.1, -0.05) is 0 Å². The lowest BCUT2D eigenvalue weighted by molar-refractivity contribution is -0.140. The molecule has 1 aliphatic heterocycles. The van der Waals surface area contributed by atoms with Crippen molar-refractivity contribution in [3.8, 4) is 0 Å². The number of carboxylic acids is 1. The average molecular weight is 269 g/mol. The summed E-state index contributed by atoms with van der Waals surface area (Å²) in [4.78, 5) is 12.9. The van der Waals surface area contributed by atoms with Crippen LogP contribution in [0.2, 0.25) is 0 Å². The first kappa shape index (κ1) is 14.0. The summed E-state index contributed by atoms with van der Waals surface area (Å²) >= 11 is 0. The number of hydrogen-bond donors (Lipinski definition) is 2. The SMILES string of the molecule is O=C(O)CC1COCCN1Cc1cnn(CCO)c1. The maximum Gasteiger partial charge on any atom is 0.305 e. The van der Waals surface area contributed by atoms with Crippen LogP contribution in [0.5, 0.6) is 0 Å². The zero-order valence-electron chi connectivity index (χ0n) is 10.7. The van der Waals surface area contributed by atoms with Crippen LogP contribution in [0.25, 0.3) is 0 Å². The molecule has 0 spiro atoms.